The first-order valence-electron chi connectivity index (χ1n) is 7.16. The molecular weight excluding hydrogens is 339 g/mol. The molecular formula is C17H16F3NO2S. The Kier molecular flexibility index (Phi) is 5.77. The van der Waals surface area contributed by atoms with Gasteiger partial charge < -0.3 is 5.32 Å². The Labute approximate surface area is 140 Å². The van der Waals surface area contributed by atoms with Crippen LogP contribution in [0.2, 0.25) is 0 Å². The van der Waals surface area contributed by atoms with Crippen LogP contribution in [-0.2, 0) is 27.5 Å². The number of hydrogen-bond donors (Lipinski definition) is 1. The second-order valence-corrected chi connectivity index (χ2v) is 6.98. The van der Waals surface area contributed by atoms with Gasteiger partial charge in [0.15, 0.2) is 0 Å². The van der Waals surface area contributed by atoms with Gasteiger partial charge in [-0.05, 0) is 30.7 Å². The summed E-state index contributed by atoms with van der Waals surface area (Å²) in [6, 6.07) is 13.3. The number of alkyl halides is 3. The molecule has 2 atom stereocenters. The van der Waals surface area contributed by atoms with Crippen molar-refractivity contribution in [2.24, 2.45) is 0 Å². The van der Waals surface area contributed by atoms with Crippen molar-refractivity contribution in [3.8, 4) is 0 Å². The number of hydrogen-bond acceptors (Lipinski definition) is 2. The van der Waals surface area contributed by atoms with Gasteiger partial charge in [-0.3, -0.25) is 9.00 Å². The Hall–Kier alpha value is -2.15. The summed E-state index contributed by atoms with van der Waals surface area (Å²) in [5, 5.41) is 1.78. The van der Waals surface area contributed by atoms with E-state index in [1.165, 1.54) is 19.1 Å². The van der Waals surface area contributed by atoms with Crippen molar-refractivity contribution in [2.45, 2.75) is 24.1 Å². The van der Waals surface area contributed by atoms with Crippen LogP contribution in [0, 0.1) is 0 Å². The monoisotopic (exact) mass is 355 g/mol. The minimum absolute atomic E-state index is 0.118. The smallest absolute Gasteiger partial charge is 0.325 e. The Bertz CT molecular complexity index is 732. The third-order valence-electron chi connectivity index (χ3n) is 3.37. The molecule has 0 aliphatic carbocycles. The van der Waals surface area contributed by atoms with Gasteiger partial charge in [-0.2, -0.15) is 13.2 Å². The second kappa shape index (κ2) is 7.61. The summed E-state index contributed by atoms with van der Waals surface area (Å²) in [7, 11) is -1.63. The number of benzene rings is 2. The molecule has 2 aromatic carbocycles. The van der Waals surface area contributed by atoms with E-state index >= 15 is 0 Å². The normalized spacial score (nSPS) is 14.0. The van der Waals surface area contributed by atoms with E-state index in [9.17, 15) is 22.2 Å². The van der Waals surface area contributed by atoms with Gasteiger partial charge in [0, 0.05) is 22.2 Å². The van der Waals surface area contributed by atoms with Crippen molar-refractivity contribution in [2.75, 3.05) is 5.32 Å². The molecule has 128 valence electrons. The third-order valence-corrected chi connectivity index (χ3v) is 4.99. The lowest BCUT2D eigenvalue weighted by atomic mass is 10.1. The Morgan fingerprint density at radius 2 is 1.79 bits per heavy atom. The average molecular weight is 355 g/mol. The lowest BCUT2D eigenvalue weighted by molar-refractivity contribution is -0.137. The fraction of sp³-hybridized carbons (Fsp3) is 0.235. The van der Waals surface area contributed by atoms with E-state index in [1.807, 2.05) is 0 Å². The number of carbonyl (C=O) groups is 1. The molecule has 0 heterocycles. The zero-order valence-electron chi connectivity index (χ0n) is 12.8. The molecule has 0 saturated carbocycles. The van der Waals surface area contributed by atoms with E-state index in [4.69, 9.17) is 0 Å². The molecule has 3 nitrogen and oxygen atoms in total. The van der Waals surface area contributed by atoms with Crippen LogP contribution in [0.1, 0.15) is 18.1 Å². The van der Waals surface area contributed by atoms with Gasteiger partial charge in [0.1, 0.15) is 5.25 Å². The minimum atomic E-state index is -4.45. The fourth-order valence-electron chi connectivity index (χ4n) is 2.01. The molecule has 0 spiro atoms. The molecule has 0 radical (unpaired) electrons. The van der Waals surface area contributed by atoms with Gasteiger partial charge in [0.2, 0.25) is 5.91 Å². The first kappa shape index (κ1) is 18.2. The van der Waals surface area contributed by atoms with E-state index in [1.54, 1.807) is 30.3 Å². The summed E-state index contributed by atoms with van der Waals surface area (Å²) in [6.07, 6.45) is -4.45. The van der Waals surface area contributed by atoms with Gasteiger partial charge >= 0.3 is 6.18 Å². The highest BCUT2D eigenvalue weighted by Crippen LogP contribution is 2.29. The van der Waals surface area contributed by atoms with E-state index in [-0.39, 0.29) is 11.3 Å². The van der Waals surface area contributed by atoms with Crippen molar-refractivity contribution in [3.05, 3.63) is 65.7 Å². The highest BCUT2D eigenvalue weighted by molar-refractivity contribution is 7.85. The molecule has 0 fully saturated rings. The summed E-state index contributed by atoms with van der Waals surface area (Å²) in [4.78, 5) is 12.1. The van der Waals surface area contributed by atoms with Crippen molar-refractivity contribution in [1.82, 2.24) is 0 Å². The average Bonchev–Trinajstić information content (AvgIpc) is 2.54. The standard InChI is InChI=1S/C17H16F3NO2S/c1-12(16(22)21-15-8-3-2-4-9-15)24(23)11-13-6-5-7-14(10-13)17(18,19)20/h2-10,12H,11H2,1H3,(H,21,22)/t12-,24-/m1/s1. The number of carbonyl (C=O) groups excluding carboxylic acids is 1. The summed E-state index contributed by atoms with van der Waals surface area (Å²) in [6.45, 7) is 1.49. The first-order chi connectivity index (χ1) is 11.3. The maximum Gasteiger partial charge on any atom is 0.416 e. The topological polar surface area (TPSA) is 46.2 Å². The lowest BCUT2D eigenvalue weighted by Gasteiger charge is -2.13. The van der Waals surface area contributed by atoms with Crippen LogP contribution >= 0.6 is 0 Å². The summed E-state index contributed by atoms with van der Waals surface area (Å²) >= 11 is 0. The maximum absolute atomic E-state index is 12.7. The number of anilines is 1. The molecule has 2 rings (SSSR count). The van der Waals surface area contributed by atoms with Crippen LogP contribution < -0.4 is 5.32 Å². The number of rotatable bonds is 5. The predicted octanol–water partition coefficient (Wildman–Crippen LogP) is 3.98. The van der Waals surface area contributed by atoms with Gasteiger partial charge in [0.25, 0.3) is 0 Å². The van der Waals surface area contributed by atoms with Gasteiger partial charge in [0.05, 0.1) is 5.56 Å². The van der Waals surface area contributed by atoms with Crippen molar-refractivity contribution in [3.63, 3.8) is 0 Å². The number of para-hydroxylation sites is 1. The molecule has 0 unspecified atom stereocenters. The number of halogens is 3. The van der Waals surface area contributed by atoms with E-state index < -0.39 is 33.7 Å². The lowest BCUT2D eigenvalue weighted by Crippen LogP contribution is -2.29. The molecule has 0 aromatic heterocycles. The second-order valence-electron chi connectivity index (χ2n) is 5.22. The molecule has 0 saturated heterocycles. The predicted molar refractivity (Wildman–Crippen MR) is 87.8 cm³/mol. The van der Waals surface area contributed by atoms with Gasteiger partial charge in [-0.25, -0.2) is 0 Å². The largest absolute Gasteiger partial charge is 0.416 e. The maximum atomic E-state index is 12.7. The first-order valence-corrected chi connectivity index (χ1v) is 8.55. The quantitative estimate of drug-likeness (QED) is 0.882. The molecule has 2 aromatic rings. The van der Waals surface area contributed by atoms with Crippen molar-refractivity contribution >= 4 is 22.4 Å². The van der Waals surface area contributed by atoms with Crippen LogP contribution in [0.25, 0.3) is 0 Å². The fourth-order valence-corrected chi connectivity index (χ4v) is 3.07. The highest BCUT2D eigenvalue weighted by atomic mass is 32.2. The molecule has 0 bridgehead atoms. The van der Waals surface area contributed by atoms with E-state index in [0.717, 1.165) is 12.1 Å². The van der Waals surface area contributed by atoms with E-state index in [2.05, 4.69) is 5.32 Å². The highest BCUT2D eigenvalue weighted by Gasteiger charge is 2.30. The van der Waals surface area contributed by atoms with E-state index in [0.29, 0.717) is 5.69 Å². The zero-order valence-corrected chi connectivity index (χ0v) is 13.7. The third kappa shape index (κ3) is 4.92. The van der Waals surface area contributed by atoms with Crippen LogP contribution in [0.15, 0.2) is 54.6 Å². The molecule has 7 heteroatoms. The van der Waals surface area contributed by atoms with Crippen molar-refractivity contribution in [1.29, 1.82) is 0 Å². The summed E-state index contributed by atoms with van der Waals surface area (Å²) in [5.41, 5.74) is 0.0614. The van der Waals surface area contributed by atoms with Crippen LogP contribution in [0.3, 0.4) is 0 Å². The zero-order chi connectivity index (χ0) is 17.7. The van der Waals surface area contributed by atoms with Crippen LogP contribution in [-0.4, -0.2) is 15.4 Å². The summed E-state index contributed by atoms with van der Waals surface area (Å²) in [5.74, 6) is -0.556. The Morgan fingerprint density at radius 3 is 2.42 bits per heavy atom. The molecule has 0 aliphatic heterocycles. The minimum Gasteiger partial charge on any atom is -0.325 e. The molecule has 1 N–H and O–H groups in total. The Morgan fingerprint density at radius 1 is 1.12 bits per heavy atom. The van der Waals surface area contributed by atoms with Gasteiger partial charge in [-0.15, -0.1) is 0 Å². The number of nitrogens with one attached hydrogen (secondary N) is 1. The molecule has 24 heavy (non-hydrogen) atoms. The van der Waals surface area contributed by atoms with Crippen LogP contribution in [0.5, 0.6) is 0 Å². The Balaban J connectivity index is 2.02. The van der Waals surface area contributed by atoms with Crippen LogP contribution in [0.4, 0.5) is 18.9 Å². The SMILES string of the molecule is C[C@H](C(=O)Nc1ccccc1)[S@](=O)Cc1cccc(C(F)(F)F)c1. The summed E-state index contributed by atoms with van der Waals surface area (Å²) < 4.78 is 50.4. The molecule has 1 amide bonds. The molecule has 0 aliphatic rings. The van der Waals surface area contributed by atoms with Crippen molar-refractivity contribution < 1.29 is 22.2 Å². The number of amides is 1. The van der Waals surface area contributed by atoms with Gasteiger partial charge in [-0.1, -0.05) is 36.4 Å².